The molecule has 8 atom stereocenters. The highest BCUT2D eigenvalue weighted by molar-refractivity contribution is 5.42. The number of hydrogen-bond donors (Lipinski definition) is 3. The third-order valence-electron chi connectivity index (χ3n) is 10.5. The Labute approximate surface area is 180 Å². The van der Waals surface area contributed by atoms with Crippen molar-refractivity contribution in [3.8, 4) is 5.75 Å². The minimum absolute atomic E-state index is 0.154. The largest absolute Gasteiger partial charge is 0.496 e. The maximum atomic E-state index is 12.3. The second kappa shape index (κ2) is 6.70. The molecule has 0 aliphatic heterocycles. The maximum absolute atomic E-state index is 12.3. The van der Waals surface area contributed by atoms with Gasteiger partial charge in [0.05, 0.1) is 18.8 Å². The zero-order valence-corrected chi connectivity index (χ0v) is 18.7. The molecule has 0 radical (unpaired) electrons. The predicted octanol–water partition coefficient (Wildman–Crippen LogP) is 4.40. The number of ether oxygens (including phenoxy) is 1. The van der Waals surface area contributed by atoms with E-state index in [2.05, 4.69) is 13.8 Å². The van der Waals surface area contributed by atoms with Gasteiger partial charge in [-0.15, -0.1) is 0 Å². The third kappa shape index (κ3) is 2.45. The molecule has 4 nitrogen and oxygen atoms in total. The summed E-state index contributed by atoms with van der Waals surface area (Å²) >= 11 is 0. The molecular formula is C26H38O4. The van der Waals surface area contributed by atoms with E-state index in [0.717, 1.165) is 50.5 Å². The van der Waals surface area contributed by atoms with Gasteiger partial charge in [-0.05, 0) is 87.0 Å². The summed E-state index contributed by atoms with van der Waals surface area (Å²) in [4.78, 5) is 0. The van der Waals surface area contributed by atoms with Crippen molar-refractivity contribution < 1.29 is 20.1 Å². The van der Waals surface area contributed by atoms with Crippen LogP contribution in [0.1, 0.15) is 77.2 Å². The summed E-state index contributed by atoms with van der Waals surface area (Å²) in [6.07, 6.45) is 7.88. The first-order valence-corrected chi connectivity index (χ1v) is 12.0. The van der Waals surface area contributed by atoms with Crippen LogP contribution in [-0.4, -0.2) is 34.1 Å². The lowest BCUT2D eigenvalue weighted by Gasteiger charge is -2.64. The molecule has 0 heterocycles. The molecule has 0 bridgehead atoms. The van der Waals surface area contributed by atoms with Crippen molar-refractivity contribution in [2.45, 2.75) is 88.9 Å². The first kappa shape index (κ1) is 20.8. The fraction of sp³-hybridized carbons (Fsp3) is 0.769. The van der Waals surface area contributed by atoms with Crippen LogP contribution in [0.4, 0.5) is 0 Å². The zero-order chi connectivity index (χ0) is 21.4. The highest BCUT2D eigenvalue weighted by atomic mass is 16.5. The van der Waals surface area contributed by atoms with Gasteiger partial charge in [-0.3, -0.25) is 0 Å². The second-order valence-corrected chi connectivity index (χ2v) is 11.3. The topological polar surface area (TPSA) is 69.9 Å². The number of aliphatic hydroxyl groups excluding tert-OH is 1. The Morgan fingerprint density at radius 3 is 2.43 bits per heavy atom. The average Bonchev–Trinajstić information content (AvgIpc) is 2.96. The molecule has 0 aromatic heterocycles. The molecule has 0 spiro atoms. The van der Waals surface area contributed by atoms with Gasteiger partial charge in [0.1, 0.15) is 11.4 Å². The molecule has 4 fully saturated rings. The molecule has 1 aromatic carbocycles. The summed E-state index contributed by atoms with van der Waals surface area (Å²) in [5, 5.41) is 34.7. The van der Waals surface area contributed by atoms with Gasteiger partial charge in [0.15, 0.2) is 0 Å². The number of aliphatic hydroxyl groups is 3. The Morgan fingerprint density at radius 1 is 0.900 bits per heavy atom. The second-order valence-electron chi connectivity index (χ2n) is 11.3. The van der Waals surface area contributed by atoms with Gasteiger partial charge >= 0.3 is 0 Å². The van der Waals surface area contributed by atoms with Crippen LogP contribution < -0.4 is 4.74 Å². The SMILES string of the molecule is COc1ccccc1[C@@]1(O)CC[C@]2(O)[C@@H]3CC[C@@H]4C[C@@H](O)CC[C@]4(C)[C@H]3CC[C@]12C. The molecule has 0 amide bonds. The summed E-state index contributed by atoms with van der Waals surface area (Å²) in [7, 11) is 1.65. The van der Waals surface area contributed by atoms with E-state index in [9.17, 15) is 15.3 Å². The molecule has 4 aliphatic carbocycles. The lowest BCUT2D eigenvalue weighted by molar-refractivity contribution is -0.238. The monoisotopic (exact) mass is 414 g/mol. The van der Waals surface area contributed by atoms with Gasteiger partial charge in [0, 0.05) is 11.0 Å². The van der Waals surface area contributed by atoms with Crippen LogP contribution in [0.3, 0.4) is 0 Å². The number of rotatable bonds is 2. The van der Waals surface area contributed by atoms with Crippen molar-refractivity contribution in [2.24, 2.45) is 28.6 Å². The van der Waals surface area contributed by atoms with E-state index in [1.54, 1.807) is 7.11 Å². The number of hydrogen-bond acceptors (Lipinski definition) is 4. The molecule has 4 heteroatoms. The third-order valence-corrected chi connectivity index (χ3v) is 10.5. The van der Waals surface area contributed by atoms with E-state index < -0.39 is 16.6 Å². The van der Waals surface area contributed by atoms with Crippen LogP contribution in [-0.2, 0) is 5.60 Å². The number of methoxy groups -OCH3 is 1. The number of para-hydroxylation sites is 1. The summed E-state index contributed by atoms with van der Waals surface area (Å²) in [5.74, 6) is 1.97. The first-order valence-electron chi connectivity index (χ1n) is 12.0. The van der Waals surface area contributed by atoms with Crippen molar-refractivity contribution in [1.29, 1.82) is 0 Å². The quantitative estimate of drug-likeness (QED) is 0.671. The predicted molar refractivity (Wildman–Crippen MR) is 116 cm³/mol. The van der Waals surface area contributed by atoms with E-state index in [1.165, 1.54) is 0 Å². The highest BCUT2D eigenvalue weighted by Crippen LogP contribution is 2.72. The summed E-state index contributed by atoms with van der Waals surface area (Å²) in [6.45, 7) is 4.55. The summed E-state index contributed by atoms with van der Waals surface area (Å²) < 4.78 is 5.62. The van der Waals surface area contributed by atoms with E-state index in [0.29, 0.717) is 30.4 Å². The molecule has 30 heavy (non-hydrogen) atoms. The van der Waals surface area contributed by atoms with Crippen molar-refractivity contribution >= 4 is 0 Å². The van der Waals surface area contributed by atoms with Gasteiger partial charge in [0.25, 0.3) is 0 Å². The number of fused-ring (bicyclic) bond motifs is 5. The molecule has 4 aliphatic rings. The van der Waals surface area contributed by atoms with E-state index in [1.807, 2.05) is 24.3 Å². The van der Waals surface area contributed by atoms with Crippen LogP contribution in [0.5, 0.6) is 5.75 Å². The fourth-order valence-corrected chi connectivity index (χ4v) is 8.64. The van der Waals surface area contributed by atoms with Crippen LogP contribution in [0.2, 0.25) is 0 Å². The van der Waals surface area contributed by atoms with Crippen LogP contribution in [0.25, 0.3) is 0 Å². The van der Waals surface area contributed by atoms with E-state index >= 15 is 0 Å². The standard InChI is InChI=1S/C26H38O4/c1-23-12-10-18(27)16-17(23)8-9-20-19(23)11-13-24(2)25(20,28)14-15-26(24,29)21-6-4-5-7-22(21)30-3/h4-7,17-20,27-29H,8-16H2,1-3H3/t17-,18+,19+,20-,23+,24+,25+,26+/m1/s1. The van der Waals surface area contributed by atoms with Gasteiger partial charge < -0.3 is 20.1 Å². The van der Waals surface area contributed by atoms with Gasteiger partial charge in [-0.25, -0.2) is 0 Å². The van der Waals surface area contributed by atoms with E-state index in [-0.39, 0.29) is 17.4 Å². The Morgan fingerprint density at radius 2 is 1.67 bits per heavy atom. The van der Waals surface area contributed by atoms with Gasteiger partial charge in [0.2, 0.25) is 0 Å². The fourth-order valence-electron chi connectivity index (χ4n) is 8.64. The minimum Gasteiger partial charge on any atom is -0.496 e. The average molecular weight is 415 g/mol. The molecule has 0 saturated heterocycles. The van der Waals surface area contributed by atoms with Crippen molar-refractivity contribution in [3.05, 3.63) is 29.8 Å². The normalized spacial score (nSPS) is 50.3. The Kier molecular flexibility index (Phi) is 4.64. The highest BCUT2D eigenvalue weighted by Gasteiger charge is 2.72. The Bertz CT molecular complexity index is 825. The first-order chi connectivity index (χ1) is 14.2. The van der Waals surface area contributed by atoms with Crippen molar-refractivity contribution in [3.63, 3.8) is 0 Å². The van der Waals surface area contributed by atoms with Crippen LogP contribution in [0, 0.1) is 28.6 Å². The molecule has 166 valence electrons. The Hall–Kier alpha value is -1.10. The minimum atomic E-state index is -1.08. The Balaban J connectivity index is 1.54. The van der Waals surface area contributed by atoms with Crippen LogP contribution >= 0.6 is 0 Å². The molecule has 4 saturated carbocycles. The molecule has 3 N–H and O–H groups in total. The number of benzene rings is 1. The van der Waals surface area contributed by atoms with Gasteiger partial charge in [-0.1, -0.05) is 32.0 Å². The zero-order valence-electron chi connectivity index (χ0n) is 18.7. The van der Waals surface area contributed by atoms with E-state index in [4.69, 9.17) is 4.74 Å². The van der Waals surface area contributed by atoms with Crippen LogP contribution in [0.15, 0.2) is 24.3 Å². The molecular weight excluding hydrogens is 376 g/mol. The summed E-state index contributed by atoms with van der Waals surface area (Å²) in [6, 6.07) is 7.79. The molecule has 5 rings (SSSR count). The summed E-state index contributed by atoms with van der Waals surface area (Å²) in [5.41, 5.74) is -1.52. The molecule has 0 unspecified atom stereocenters. The molecule has 1 aromatic rings. The van der Waals surface area contributed by atoms with Crippen molar-refractivity contribution in [1.82, 2.24) is 0 Å². The lowest BCUT2D eigenvalue weighted by atomic mass is 9.43. The smallest absolute Gasteiger partial charge is 0.124 e. The maximum Gasteiger partial charge on any atom is 0.124 e. The van der Waals surface area contributed by atoms with Gasteiger partial charge in [-0.2, -0.15) is 0 Å². The van der Waals surface area contributed by atoms with Crippen molar-refractivity contribution in [2.75, 3.05) is 7.11 Å². The lowest BCUT2D eigenvalue weighted by Crippen LogP contribution is -2.64.